The molecule has 0 spiro atoms. The Labute approximate surface area is 127 Å². The van der Waals surface area contributed by atoms with Gasteiger partial charge in [0.1, 0.15) is 6.04 Å². The molecule has 1 aromatic rings. The van der Waals surface area contributed by atoms with Crippen molar-refractivity contribution in [3.63, 3.8) is 0 Å². The van der Waals surface area contributed by atoms with E-state index in [0.717, 1.165) is 25.1 Å². The summed E-state index contributed by atoms with van der Waals surface area (Å²) < 4.78 is 5.81. The molecule has 0 aliphatic carbocycles. The highest BCUT2D eigenvalue weighted by Crippen LogP contribution is 2.19. The number of benzene rings is 1. The molecule has 2 N–H and O–H groups in total. The minimum absolute atomic E-state index is 0.00509. The van der Waals surface area contributed by atoms with Gasteiger partial charge in [-0.15, -0.1) is 0 Å². The maximum atomic E-state index is 12.5. The Hall–Kier alpha value is -1.39. The molecule has 116 valence electrons. The Morgan fingerprint density at radius 3 is 2.67 bits per heavy atom. The number of hydrogen-bond donors (Lipinski definition) is 1. The van der Waals surface area contributed by atoms with E-state index in [4.69, 9.17) is 10.5 Å². The first-order valence-corrected chi connectivity index (χ1v) is 7.70. The highest BCUT2D eigenvalue weighted by molar-refractivity contribution is 5.83. The molecule has 4 nitrogen and oxygen atoms in total. The van der Waals surface area contributed by atoms with Gasteiger partial charge in [-0.3, -0.25) is 4.79 Å². The summed E-state index contributed by atoms with van der Waals surface area (Å²) in [5.41, 5.74) is 8.14. The van der Waals surface area contributed by atoms with Crippen LogP contribution in [0.5, 0.6) is 0 Å². The van der Waals surface area contributed by atoms with Gasteiger partial charge in [0.05, 0.1) is 6.10 Å². The first-order chi connectivity index (χ1) is 9.97. The molecule has 1 heterocycles. The molecule has 1 aliphatic heterocycles. The summed E-state index contributed by atoms with van der Waals surface area (Å²) in [6.45, 7) is 8.42. The summed E-state index contributed by atoms with van der Waals surface area (Å²) in [5.74, 6) is 0.513. The Bertz CT molecular complexity index is 470. The Morgan fingerprint density at radius 2 is 2.05 bits per heavy atom. The van der Waals surface area contributed by atoms with Crippen molar-refractivity contribution in [2.45, 2.75) is 39.3 Å². The standard InChI is InChI=1S/C17H26N2O2/c1-12(2)11-21-15-8-9-19(10-15)17(20)16(18)14-6-4-13(3)5-7-14/h4-7,12,15-16H,8-11,18H2,1-3H3. The molecule has 2 rings (SSSR count). The van der Waals surface area contributed by atoms with E-state index >= 15 is 0 Å². The van der Waals surface area contributed by atoms with Crippen LogP contribution in [0.2, 0.25) is 0 Å². The number of hydrogen-bond acceptors (Lipinski definition) is 3. The zero-order chi connectivity index (χ0) is 15.4. The molecule has 1 amide bonds. The minimum Gasteiger partial charge on any atom is -0.376 e. The van der Waals surface area contributed by atoms with Gasteiger partial charge in [0.2, 0.25) is 5.91 Å². The number of carbonyl (C=O) groups is 1. The SMILES string of the molecule is Cc1ccc(C(N)C(=O)N2CCC(OCC(C)C)C2)cc1. The van der Waals surface area contributed by atoms with E-state index in [1.54, 1.807) is 0 Å². The number of ether oxygens (including phenoxy) is 1. The quantitative estimate of drug-likeness (QED) is 0.905. The molecule has 4 heteroatoms. The maximum absolute atomic E-state index is 12.5. The van der Waals surface area contributed by atoms with Crippen molar-refractivity contribution < 1.29 is 9.53 Å². The van der Waals surface area contributed by atoms with E-state index in [0.29, 0.717) is 12.5 Å². The Kier molecular flexibility index (Phi) is 5.37. The molecule has 1 aliphatic rings. The predicted molar refractivity (Wildman–Crippen MR) is 83.9 cm³/mol. The predicted octanol–water partition coefficient (Wildman–Crippen LogP) is 2.27. The summed E-state index contributed by atoms with van der Waals surface area (Å²) >= 11 is 0. The second kappa shape index (κ2) is 7.05. The average Bonchev–Trinajstić information content (AvgIpc) is 2.93. The minimum atomic E-state index is -0.575. The molecule has 1 aromatic carbocycles. The van der Waals surface area contributed by atoms with Gasteiger partial charge in [0, 0.05) is 19.7 Å². The van der Waals surface area contributed by atoms with Crippen molar-refractivity contribution in [2.75, 3.05) is 19.7 Å². The van der Waals surface area contributed by atoms with Crippen LogP contribution in [0.15, 0.2) is 24.3 Å². The number of likely N-dealkylation sites (tertiary alicyclic amines) is 1. The molecule has 1 saturated heterocycles. The number of amides is 1. The number of nitrogens with zero attached hydrogens (tertiary/aromatic N) is 1. The molecule has 21 heavy (non-hydrogen) atoms. The Morgan fingerprint density at radius 1 is 1.38 bits per heavy atom. The summed E-state index contributed by atoms with van der Waals surface area (Å²) in [6, 6.07) is 7.26. The van der Waals surface area contributed by atoms with Crippen molar-refractivity contribution in [1.29, 1.82) is 0 Å². The highest BCUT2D eigenvalue weighted by atomic mass is 16.5. The molecule has 0 radical (unpaired) electrons. The normalized spacial score (nSPS) is 20.0. The lowest BCUT2D eigenvalue weighted by atomic mass is 10.1. The van der Waals surface area contributed by atoms with Gasteiger partial charge < -0.3 is 15.4 Å². The van der Waals surface area contributed by atoms with Crippen molar-refractivity contribution in [2.24, 2.45) is 11.7 Å². The molecular weight excluding hydrogens is 264 g/mol. The largest absolute Gasteiger partial charge is 0.376 e. The summed E-state index contributed by atoms with van der Waals surface area (Å²) in [7, 11) is 0. The van der Waals surface area contributed by atoms with Crippen molar-refractivity contribution >= 4 is 5.91 Å². The van der Waals surface area contributed by atoms with Crippen LogP contribution in [-0.2, 0) is 9.53 Å². The van der Waals surface area contributed by atoms with Gasteiger partial charge in [0.25, 0.3) is 0 Å². The second-order valence-electron chi connectivity index (χ2n) is 6.31. The fraction of sp³-hybridized carbons (Fsp3) is 0.588. The first-order valence-electron chi connectivity index (χ1n) is 7.70. The third-order valence-electron chi connectivity index (χ3n) is 3.82. The summed E-state index contributed by atoms with van der Waals surface area (Å²) in [6.07, 6.45) is 1.06. The van der Waals surface area contributed by atoms with Crippen molar-refractivity contribution in [3.05, 3.63) is 35.4 Å². The summed E-state index contributed by atoms with van der Waals surface area (Å²) in [4.78, 5) is 14.3. The van der Waals surface area contributed by atoms with Gasteiger partial charge >= 0.3 is 0 Å². The lowest BCUT2D eigenvalue weighted by Crippen LogP contribution is -2.37. The summed E-state index contributed by atoms with van der Waals surface area (Å²) in [5, 5.41) is 0. The van der Waals surface area contributed by atoms with E-state index in [1.807, 2.05) is 36.1 Å². The molecular formula is C17H26N2O2. The van der Waals surface area contributed by atoms with Crippen LogP contribution in [0.3, 0.4) is 0 Å². The molecule has 1 fully saturated rings. The Balaban J connectivity index is 1.90. The van der Waals surface area contributed by atoms with E-state index < -0.39 is 6.04 Å². The van der Waals surface area contributed by atoms with Crippen LogP contribution in [0.4, 0.5) is 0 Å². The first kappa shape index (κ1) is 16.0. The molecule has 2 atom stereocenters. The third kappa shape index (κ3) is 4.29. The zero-order valence-electron chi connectivity index (χ0n) is 13.2. The van der Waals surface area contributed by atoms with Crippen molar-refractivity contribution in [1.82, 2.24) is 4.90 Å². The van der Waals surface area contributed by atoms with Crippen LogP contribution in [0.25, 0.3) is 0 Å². The van der Waals surface area contributed by atoms with Gasteiger partial charge in [-0.2, -0.15) is 0 Å². The van der Waals surface area contributed by atoms with Crippen molar-refractivity contribution in [3.8, 4) is 0 Å². The van der Waals surface area contributed by atoms with E-state index in [-0.39, 0.29) is 12.0 Å². The van der Waals surface area contributed by atoms with E-state index in [1.165, 1.54) is 5.56 Å². The van der Waals surface area contributed by atoms with Crippen LogP contribution in [0, 0.1) is 12.8 Å². The zero-order valence-corrected chi connectivity index (χ0v) is 13.2. The van der Waals surface area contributed by atoms with Gasteiger partial charge in [0.15, 0.2) is 0 Å². The third-order valence-corrected chi connectivity index (χ3v) is 3.82. The molecule has 0 aromatic heterocycles. The molecule has 0 bridgehead atoms. The molecule has 2 unspecified atom stereocenters. The lowest BCUT2D eigenvalue weighted by molar-refractivity contribution is -0.132. The van der Waals surface area contributed by atoms with E-state index in [2.05, 4.69) is 13.8 Å². The highest BCUT2D eigenvalue weighted by Gasteiger charge is 2.30. The van der Waals surface area contributed by atoms with Crippen LogP contribution in [0.1, 0.15) is 37.4 Å². The van der Waals surface area contributed by atoms with Gasteiger partial charge in [-0.1, -0.05) is 43.7 Å². The fourth-order valence-corrected chi connectivity index (χ4v) is 2.51. The fourth-order valence-electron chi connectivity index (χ4n) is 2.51. The topological polar surface area (TPSA) is 55.6 Å². The number of rotatable bonds is 5. The maximum Gasteiger partial charge on any atom is 0.244 e. The number of carbonyl (C=O) groups excluding carboxylic acids is 1. The van der Waals surface area contributed by atoms with Crippen LogP contribution < -0.4 is 5.73 Å². The second-order valence-corrected chi connectivity index (χ2v) is 6.31. The average molecular weight is 290 g/mol. The van der Waals surface area contributed by atoms with Gasteiger partial charge in [-0.25, -0.2) is 0 Å². The molecule has 0 saturated carbocycles. The number of nitrogens with two attached hydrogens (primary N) is 1. The lowest BCUT2D eigenvalue weighted by Gasteiger charge is -2.21. The van der Waals surface area contributed by atoms with Gasteiger partial charge in [-0.05, 0) is 24.8 Å². The van der Waals surface area contributed by atoms with Crippen LogP contribution in [-0.4, -0.2) is 36.6 Å². The smallest absolute Gasteiger partial charge is 0.244 e. The van der Waals surface area contributed by atoms with E-state index in [9.17, 15) is 4.79 Å². The monoisotopic (exact) mass is 290 g/mol. The number of aryl methyl sites for hydroxylation is 1. The van der Waals surface area contributed by atoms with Crippen LogP contribution >= 0.6 is 0 Å².